The molecule has 0 saturated carbocycles. The fraction of sp³-hybridized carbons (Fsp3) is 0.208. The number of ether oxygens (including phenoxy) is 1. The zero-order valence-corrected chi connectivity index (χ0v) is 17.7. The highest BCUT2D eigenvalue weighted by Gasteiger charge is 2.17. The molecule has 0 aliphatic rings. The standard InChI is InChI=1S/C24H24BrNO2/c1-3-18-11-14-22(21(25)15-18)28-16-23(27)26-24(19-7-5-4-6-8-19)20-12-9-17(2)10-13-20/h4-15,24H,3,16H2,1-2H3,(H,26,27)/t24-/m1/s1. The topological polar surface area (TPSA) is 38.3 Å². The van der Waals surface area contributed by atoms with E-state index >= 15 is 0 Å². The summed E-state index contributed by atoms with van der Waals surface area (Å²) in [7, 11) is 0. The molecule has 3 aromatic carbocycles. The maximum absolute atomic E-state index is 12.6. The van der Waals surface area contributed by atoms with E-state index in [1.165, 1.54) is 11.1 Å². The first-order valence-corrected chi connectivity index (χ1v) is 10.2. The molecule has 0 radical (unpaired) electrons. The molecule has 0 spiro atoms. The van der Waals surface area contributed by atoms with Crippen LogP contribution in [0.25, 0.3) is 0 Å². The van der Waals surface area contributed by atoms with Crippen molar-refractivity contribution in [1.82, 2.24) is 5.32 Å². The van der Waals surface area contributed by atoms with Crippen LogP contribution in [-0.4, -0.2) is 12.5 Å². The third kappa shape index (κ3) is 5.23. The Hall–Kier alpha value is -2.59. The average Bonchev–Trinajstić information content (AvgIpc) is 2.72. The highest BCUT2D eigenvalue weighted by Crippen LogP contribution is 2.26. The summed E-state index contributed by atoms with van der Waals surface area (Å²) in [5, 5.41) is 3.10. The Bertz CT molecular complexity index is 923. The zero-order valence-electron chi connectivity index (χ0n) is 16.1. The fourth-order valence-corrected chi connectivity index (χ4v) is 3.53. The van der Waals surface area contributed by atoms with Crippen LogP contribution >= 0.6 is 15.9 Å². The van der Waals surface area contributed by atoms with Gasteiger partial charge in [-0.05, 0) is 58.1 Å². The van der Waals surface area contributed by atoms with Crippen LogP contribution in [0.2, 0.25) is 0 Å². The molecule has 1 amide bonds. The molecule has 3 nitrogen and oxygen atoms in total. The average molecular weight is 438 g/mol. The highest BCUT2D eigenvalue weighted by molar-refractivity contribution is 9.10. The van der Waals surface area contributed by atoms with Crippen LogP contribution in [0.3, 0.4) is 0 Å². The van der Waals surface area contributed by atoms with Gasteiger partial charge in [0.25, 0.3) is 5.91 Å². The maximum atomic E-state index is 12.6. The molecule has 0 aromatic heterocycles. The molecule has 0 unspecified atom stereocenters. The second-order valence-electron chi connectivity index (χ2n) is 6.73. The number of benzene rings is 3. The summed E-state index contributed by atoms with van der Waals surface area (Å²) in [4.78, 5) is 12.6. The Morgan fingerprint density at radius 1 is 1.00 bits per heavy atom. The first kappa shape index (κ1) is 20.2. The van der Waals surface area contributed by atoms with Crippen LogP contribution in [0, 0.1) is 6.92 Å². The monoisotopic (exact) mass is 437 g/mol. The van der Waals surface area contributed by atoms with E-state index in [0.717, 1.165) is 22.0 Å². The van der Waals surface area contributed by atoms with Gasteiger partial charge in [-0.25, -0.2) is 0 Å². The first-order valence-electron chi connectivity index (χ1n) is 9.39. The van der Waals surface area contributed by atoms with E-state index in [0.29, 0.717) is 5.75 Å². The van der Waals surface area contributed by atoms with E-state index in [9.17, 15) is 4.79 Å². The second-order valence-corrected chi connectivity index (χ2v) is 7.58. The van der Waals surface area contributed by atoms with Gasteiger partial charge in [0.05, 0.1) is 10.5 Å². The number of rotatable bonds is 7. The van der Waals surface area contributed by atoms with Gasteiger partial charge in [0, 0.05) is 0 Å². The molecule has 0 heterocycles. The van der Waals surface area contributed by atoms with Crippen molar-refractivity contribution in [2.75, 3.05) is 6.61 Å². The van der Waals surface area contributed by atoms with Gasteiger partial charge in [-0.1, -0.05) is 73.2 Å². The van der Waals surface area contributed by atoms with Gasteiger partial charge >= 0.3 is 0 Å². The molecule has 0 bridgehead atoms. The van der Waals surface area contributed by atoms with Crippen molar-refractivity contribution in [1.29, 1.82) is 0 Å². The van der Waals surface area contributed by atoms with Crippen LogP contribution < -0.4 is 10.1 Å². The molecule has 3 rings (SSSR count). The zero-order chi connectivity index (χ0) is 19.9. The Kier molecular flexibility index (Phi) is 6.88. The van der Waals surface area contributed by atoms with E-state index in [2.05, 4.69) is 47.2 Å². The fourth-order valence-electron chi connectivity index (χ4n) is 2.99. The number of hydrogen-bond donors (Lipinski definition) is 1. The smallest absolute Gasteiger partial charge is 0.258 e. The van der Waals surface area contributed by atoms with E-state index < -0.39 is 0 Å². The first-order chi connectivity index (χ1) is 13.6. The Morgan fingerprint density at radius 2 is 1.68 bits per heavy atom. The predicted octanol–water partition coefficient (Wildman–Crippen LogP) is 5.60. The van der Waals surface area contributed by atoms with Crippen LogP contribution in [0.1, 0.15) is 35.2 Å². The van der Waals surface area contributed by atoms with Crippen LogP contribution in [0.5, 0.6) is 5.75 Å². The Morgan fingerprint density at radius 3 is 2.32 bits per heavy atom. The summed E-state index contributed by atoms with van der Waals surface area (Å²) in [6.07, 6.45) is 0.953. The summed E-state index contributed by atoms with van der Waals surface area (Å²) >= 11 is 3.51. The van der Waals surface area contributed by atoms with Gasteiger partial charge < -0.3 is 10.1 Å². The van der Waals surface area contributed by atoms with E-state index in [1.54, 1.807) is 0 Å². The molecule has 0 aliphatic heterocycles. The Balaban J connectivity index is 1.72. The molecule has 0 saturated heterocycles. The van der Waals surface area contributed by atoms with E-state index in [-0.39, 0.29) is 18.6 Å². The molecule has 0 fully saturated rings. The lowest BCUT2D eigenvalue weighted by atomic mass is 9.98. The second kappa shape index (κ2) is 9.56. The number of carbonyl (C=O) groups excluding carboxylic acids is 1. The quantitative estimate of drug-likeness (QED) is 0.521. The maximum Gasteiger partial charge on any atom is 0.258 e. The van der Waals surface area contributed by atoms with Gasteiger partial charge in [-0.15, -0.1) is 0 Å². The molecular weight excluding hydrogens is 414 g/mol. The molecule has 3 aromatic rings. The lowest BCUT2D eigenvalue weighted by molar-refractivity contribution is -0.123. The lowest BCUT2D eigenvalue weighted by Crippen LogP contribution is -2.33. The molecule has 28 heavy (non-hydrogen) atoms. The van der Waals surface area contributed by atoms with E-state index in [4.69, 9.17) is 4.74 Å². The van der Waals surface area contributed by atoms with Gasteiger partial charge in [-0.2, -0.15) is 0 Å². The molecule has 1 atom stereocenters. The minimum absolute atomic E-state index is 0.0424. The number of hydrogen-bond acceptors (Lipinski definition) is 2. The van der Waals surface area contributed by atoms with Crippen LogP contribution in [-0.2, 0) is 11.2 Å². The van der Waals surface area contributed by atoms with Gasteiger partial charge in [-0.3, -0.25) is 4.79 Å². The lowest BCUT2D eigenvalue weighted by Gasteiger charge is -2.20. The highest BCUT2D eigenvalue weighted by atomic mass is 79.9. The van der Waals surface area contributed by atoms with Crippen LogP contribution in [0.15, 0.2) is 77.3 Å². The molecule has 144 valence electrons. The van der Waals surface area contributed by atoms with Crippen molar-refractivity contribution >= 4 is 21.8 Å². The number of aryl methyl sites for hydroxylation is 2. The van der Waals surface area contributed by atoms with Crippen molar-refractivity contribution in [3.05, 3.63) is 99.5 Å². The molecule has 4 heteroatoms. The van der Waals surface area contributed by atoms with Crippen molar-refractivity contribution < 1.29 is 9.53 Å². The molecule has 1 N–H and O–H groups in total. The third-order valence-corrected chi connectivity index (χ3v) is 5.23. The van der Waals surface area contributed by atoms with Gasteiger partial charge in [0.15, 0.2) is 6.61 Å². The summed E-state index contributed by atoms with van der Waals surface area (Å²) in [5.41, 5.74) is 4.48. The molecule has 0 aliphatic carbocycles. The van der Waals surface area contributed by atoms with Crippen LogP contribution in [0.4, 0.5) is 0 Å². The van der Waals surface area contributed by atoms with Crippen molar-refractivity contribution in [3.8, 4) is 5.75 Å². The van der Waals surface area contributed by atoms with E-state index in [1.807, 2.05) is 60.7 Å². The van der Waals surface area contributed by atoms with Gasteiger partial charge in [0.1, 0.15) is 5.75 Å². The minimum atomic E-state index is -0.219. The number of amides is 1. The van der Waals surface area contributed by atoms with Crippen molar-refractivity contribution in [2.45, 2.75) is 26.3 Å². The minimum Gasteiger partial charge on any atom is -0.483 e. The number of carbonyl (C=O) groups is 1. The van der Waals surface area contributed by atoms with Crippen molar-refractivity contribution in [3.63, 3.8) is 0 Å². The summed E-state index contributed by atoms with van der Waals surface area (Å²) < 4.78 is 6.59. The van der Waals surface area contributed by atoms with Gasteiger partial charge in [0.2, 0.25) is 0 Å². The summed E-state index contributed by atoms with van der Waals surface area (Å²) in [6.45, 7) is 4.11. The number of halogens is 1. The largest absolute Gasteiger partial charge is 0.483 e. The summed E-state index contributed by atoms with van der Waals surface area (Å²) in [5.74, 6) is 0.500. The predicted molar refractivity (Wildman–Crippen MR) is 117 cm³/mol. The number of nitrogens with one attached hydrogen (secondary N) is 1. The summed E-state index contributed by atoms with van der Waals surface area (Å²) in [6, 6.07) is 23.9. The SMILES string of the molecule is CCc1ccc(OCC(=O)N[C@H](c2ccccc2)c2ccc(C)cc2)c(Br)c1. The van der Waals surface area contributed by atoms with Crippen molar-refractivity contribution in [2.24, 2.45) is 0 Å². The normalized spacial score (nSPS) is 11.7. The third-order valence-electron chi connectivity index (χ3n) is 4.61. The molecular formula is C24H24BrNO2. The Labute approximate surface area is 174 Å².